The molecule has 7 heteroatoms. The number of likely N-dealkylation sites (tertiary alicyclic amines) is 1. The first-order valence-electron chi connectivity index (χ1n) is 8.29. The highest BCUT2D eigenvalue weighted by Gasteiger charge is 2.18. The van der Waals surface area contributed by atoms with E-state index in [9.17, 15) is 9.59 Å². The lowest BCUT2D eigenvalue weighted by molar-refractivity contribution is -0.132. The number of anilines is 1. The van der Waals surface area contributed by atoms with Gasteiger partial charge in [0.15, 0.2) is 6.61 Å². The molecule has 0 spiro atoms. The van der Waals surface area contributed by atoms with Crippen molar-refractivity contribution in [2.75, 3.05) is 25.0 Å². The van der Waals surface area contributed by atoms with Crippen LogP contribution in [0.4, 0.5) is 5.69 Å². The number of carbonyl (C=O) groups is 2. The van der Waals surface area contributed by atoms with Crippen molar-refractivity contribution in [2.24, 2.45) is 0 Å². The van der Waals surface area contributed by atoms with E-state index in [2.05, 4.69) is 5.32 Å². The summed E-state index contributed by atoms with van der Waals surface area (Å²) in [7, 11) is 0. The zero-order valence-electron chi connectivity index (χ0n) is 14.0. The van der Waals surface area contributed by atoms with Crippen molar-refractivity contribution in [3.63, 3.8) is 0 Å². The highest BCUT2D eigenvalue weighted by Crippen LogP contribution is 2.22. The second kappa shape index (κ2) is 8.43. The zero-order valence-corrected chi connectivity index (χ0v) is 15.5. The maximum Gasteiger partial charge on any atom is 0.260 e. The molecule has 2 amide bonds. The molecule has 0 saturated carbocycles. The van der Waals surface area contributed by atoms with Gasteiger partial charge in [-0.15, -0.1) is 0 Å². The molecule has 136 valence electrons. The average Bonchev–Trinajstić information content (AvgIpc) is 3.14. The summed E-state index contributed by atoms with van der Waals surface area (Å²) in [4.78, 5) is 26.2. The van der Waals surface area contributed by atoms with Gasteiger partial charge < -0.3 is 15.0 Å². The lowest BCUT2D eigenvalue weighted by Gasteiger charge is -2.15. The Morgan fingerprint density at radius 1 is 1.04 bits per heavy atom. The molecule has 0 aromatic heterocycles. The van der Waals surface area contributed by atoms with Crippen LogP contribution in [0.2, 0.25) is 10.0 Å². The lowest BCUT2D eigenvalue weighted by Crippen LogP contribution is -2.32. The van der Waals surface area contributed by atoms with Gasteiger partial charge in [-0.25, -0.2) is 0 Å². The van der Waals surface area contributed by atoms with Crippen molar-refractivity contribution in [1.82, 2.24) is 4.90 Å². The third kappa shape index (κ3) is 4.90. The number of carbonyl (C=O) groups excluding carboxylic acids is 2. The summed E-state index contributed by atoms with van der Waals surface area (Å²) in [5.41, 5.74) is 0.912. The van der Waals surface area contributed by atoms with Crippen LogP contribution in [0.5, 0.6) is 5.75 Å². The van der Waals surface area contributed by atoms with Crippen LogP contribution < -0.4 is 10.1 Å². The molecule has 3 rings (SSSR count). The molecule has 1 heterocycles. The molecule has 1 fully saturated rings. The van der Waals surface area contributed by atoms with Crippen molar-refractivity contribution in [1.29, 1.82) is 0 Å². The summed E-state index contributed by atoms with van der Waals surface area (Å²) in [5.74, 6) is 0.157. The molecule has 1 N–H and O–H groups in total. The van der Waals surface area contributed by atoms with Gasteiger partial charge in [-0.2, -0.15) is 0 Å². The molecule has 0 aliphatic carbocycles. The lowest BCUT2D eigenvalue weighted by atomic mass is 10.2. The quantitative estimate of drug-likeness (QED) is 0.827. The highest BCUT2D eigenvalue weighted by atomic mass is 35.5. The van der Waals surface area contributed by atoms with Gasteiger partial charge in [-0.05, 0) is 43.2 Å². The van der Waals surface area contributed by atoms with E-state index in [0.29, 0.717) is 27.0 Å². The summed E-state index contributed by atoms with van der Waals surface area (Å²) >= 11 is 11.9. The summed E-state index contributed by atoms with van der Waals surface area (Å²) in [6, 6.07) is 11.5. The van der Waals surface area contributed by atoms with Crippen LogP contribution >= 0.6 is 23.2 Å². The minimum atomic E-state index is -0.334. The third-order valence-electron chi connectivity index (χ3n) is 4.04. The van der Waals surface area contributed by atoms with Gasteiger partial charge in [-0.1, -0.05) is 29.3 Å². The molecule has 0 unspecified atom stereocenters. The normalized spacial score (nSPS) is 13.5. The predicted octanol–water partition coefficient (Wildman–Crippen LogP) is 4.25. The number of halogens is 2. The number of hydrogen-bond acceptors (Lipinski definition) is 3. The molecule has 2 aromatic rings. The van der Waals surface area contributed by atoms with Crippen molar-refractivity contribution >= 4 is 40.7 Å². The Kier molecular flexibility index (Phi) is 6.01. The first-order valence-corrected chi connectivity index (χ1v) is 9.05. The van der Waals surface area contributed by atoms with Crippen LogP contribution in [0.25, 0.3) is 0 Å². The second-order valence-corrected chi connectivity index (χ2v) is 6.89. The maximum atomic E-state index is 12.3. The molecule has 0 bridgehead atoms. The molecule has 1 aliphatic rings. The van der Waals surface area contributed by atoms with Crippen LogP contribution in [0.15, 0.2) is 42.5 Å². The van der Waals surface area contributed by atoms with E-state index in [0.717, 1.165) is 25.9 Å². The van der Waals surface area contributed by atoms with E-state index >= 15 is 0 Å². The molecule has 26 heavy (non-hydrogen) atoms. The first kappa shape index (κ1) is 18.5. The van der Waals surface area contributed by atoms with Gasteiger partial charge in [0.25, 0.3) is 11.8 Å². The summed E-state index contributed by atoms with van der Waals surface area (Å²) < 4.78 is 5.56. The number of rotatable bonds is 5. The van der Waals surface area contributed by atoms with Crippen molar-refractivity contribution in [3.8, 4) is 5.75 Å². The molecule has 5 nitrogen and oxygen atoms in total. The van der Waals surface area contributed by atoms with Crippen molar-refractivity contribution in [3.05, 3.63) is 58.1 Å². The average molecular weight is 393 g/mol. The van der Waals surface area contributed by atoms with Gasteiger partial charge in [0.2, 0.25) is 0 Å². The molecule has 0 atom stereocenters. The third-order valence-corrected chi connectivity index (χ3v) is 4.47. The smallest absolute Gasteiger partial charge is 0.260 e. The Balaban J connectivity index is 1.61. The minimum Gasteiger partial charge on any atom is -0.484 e. The monoisotopic (exact) mass is 392 g/mol. The predicted molar refractivity (Wildman–Crippen MR) is 102 cm³/mol. The highest BCUT2D eigenvalue weighted by molar-refractivity contribution is 6.35. The van der Waals surface area contributed by atoms with Gasteiger partial charge in [0.1, 0.15) is 5.75 Å². The first-order chi connectivity index (χ1) is 12.5. The van der Waals surface area contributed by atoms with E-state index in [1.807, 2.05) is 0 Å². The van der Waals surface area contributed by atoms with Crippen LogP contribution in [0.1, 0.15) is 23.2 Å². The molecular weight excluding hydrogens is 375 g/mol. The summed E-state index contributed by atoms with van der Waals surface area (Å²) in [6.07, 6.45) is 2.08. The van der Waals surface area contributed by atoms with E-state index in [1.54, 1.807) is 35.2 Å². The molecule has 1 saturated heterocycles. The molecule has 0 radical (unpaired) electrons. The Bertz CT molecular complexity index is 800. The van der Waals surface area contributed by atoms with E-state index in [1.165, 1.54) is 12.1 Å². The van der Waals surface area contributed by atoms with Gasteiger partial charge in [-0.3, -0.25) is 9.59 Å². The fraction of sp³-hybridized carbons (Fsp3) is 0.263. The number of nitrogens with zero attached hydrogens (tertiary/aromatic N) is 1. The van der Waals surface area contributed by atoms with Gasteiger partial charge in [0, 0.05) is 40.5 Å². The summed E-state index contributed by atoms with van der Waals surface area (Å²) in [5, 5.41) is 3.54. The van der Waals surface area contributed by atoms with Crippen molar-refractivity contribution < 1.29 is 14.3 Å². The Hall–Kier alpha value is -2.24. The fourth-order valence-electron chi connectivity index (χ4n) is 2.75. The van der Waals surface area contributed by atoms with Crippen LogP contribution in [0, 0.1) is 0 Å². The Morgan fingerprint density at radius 2 is 1.73 bits per heavy atom. The number of amides is 2. The minimum absolute atomic E-state index is 0.0126. The maximum absolute atomic E-state index is 12.3. The summed E-state index contributed by atoms with van der Waals surface area (Å²) in [6.45, 7) is 1.57. The SMILES string of the molecule is O=C(Nc1cccc(OCC(=O)N2CCCC2)c1)c1cc(Cl)cc(Cl)c1. The van der Waals surface area contributed by atoms with Crippen LogP contribution in [0.3, 0.4) is 0 Å². The number of hydrogen-bond donors (Lipinski definition) is 1. The fourth-order valence-corrected chi connectivity index (χ4v) is 3.28. The number of benzene rings is 2. The number of nitrogens with one attached hydrogen (secondary N) is 1. The van der Waals surface area contributed by atoms with Crippen LogP contribution in [-0.2, 0) is 4.79 Å². The van der Waals surface area contributed by atoms with E-state index < -0.39 is 0 Å². The zero-order chi connectivity index (χ0) is 18.5. The topological polar surface area (TPSA) is 58.6 Å². The number of ether oxygens (including phenoxy) is 1. The van der Waals surface area contributed by atoms with E-state index in [4.69, 9.17) is 27.9 Å². The Labute approximate surface area is 161 Å². The standard InChI is InChI=1S/C19H18Cl2N2O3/c20-14-8-13(9-15(21)10-14)19(25)22-16-4-3-5-17(11-16)26-12-18(24)23-6-1-2-7-23/h3-5,8-11H,1-2,6-7,12H2,(H,22,25). The largest absolute Gasteiger partial charge is 0.484 e. The van der Waals surface area contributed by atoms with Gasteiger partial charge >= 0.3 is 0 Å². The molecular formula is C19H18Cl2N2O3. The second-order valence-electron chi connectivity index (χ2n) is 6.02. The Morgan fingerprint density at radius 3 is 2.42 bits per heavy atom. The van der Waals surface area contributed by atoms with Gasteiger partial charge in [0.05, 0.1) is 0 Å². The molecule has 1 aliphatic heterocycles. The van der Waals surface area contributed by atoms with Crippen LogP contribution in [-0.4, -0.2) is 36.4 Å². The molecule has 2 aromatic carbocycles. The van der Waals surface area contributed by atoms with Crippen molar-refractivity contribution in [2.45, 2.75) is 12.8 Å². The van der Waals surface area contributed by atoms with E-state index in [-0.39, 0.29) is 18.4 Å².